The van der Waals surface area contributed by atoms with Gasteiger partial charge in [-0.05, 0) is 42.0 Å². The first-order chi connectivity index (χ1) is 8.40. The zero-order valence-electron chi connectivity index (χ0n) is 9.67. The van der Waals surface area contributed by atoms with Crippen LogP contribution in [0.1, 0.15) is 31.7 Å². The molecule has 0 aliphatic rings. The highest BCUT2D eigenvalue weighted by atomic mass is 32.1. The van der Waals surface area contributed by atoms with E-state index in [2.05, 4.69) is 31.3 Å². The van der Waals surface area contributed by atoms with Crippen LogP contribution in [0.4, 0.5) is 11.6 Å². The van der Waals surface area contributed by atoms with Crippen molar-refractivity contribution in [1.29, 1.82) is 0 Å². The summed E-state index contributed by atoms with van der Waals surface area (Å²) in [5.41, 5.74) is 1.20. The summed E-state index contributed by atoms with van der Waals surface area (Å²) in [4.78, 5) is 0. The molecular formula is C11H14N4S2. The Kier molecular flexibility index (Phi) is 4.75. The molecular weight excluding hydrogens is 252 g/mol. The molecule has 0 fully saturated rings. The summed E-state index contributed by atoms with van der Waals surface area (Å²) in [6.45, 7) is 2.20. The van der Waals surface area contributed by atoms with Crippen LogP contribution in [0.2, 0.25) is 0 Å². The molecule has 2 aromatic heterocycles. The lowest BCUT2D eigenvalue weighted by atomic mass is 10.1. The van der Waals surface area contributed by atoms with Gasteiger partial charge in [0.25, 0.3) is 0 Å². The molecule has 0 aliphatic carbocycles. The van der Waals surface area contributed by atoms with Gasteiger partial charge in [-0.3, -0.25) is 0 Å². The Balaban J connectivity index is 1.98. The Hall–Kier alpha value is -1.14. The minimum absolute atomic E-state index is 0.655. The van der Waals surface area contributed by atoms with Crippen LogP contribution in [0, 0.1) is 0 Å². The molecule has 2 aromatic rings. The Morgan fingerprint density at radius 2 is 2.12 bits per heavy atom. The van der Waals surface area contributed by atoms with Crippen LogP contribution in [0.15, 0.2) is 27.1 Å². The molecule has 0 aromatic carbocycles. The zero-order valence-corrected chi connectivity index (χ0v) is 11.3. The summed E-state index contributed by atoms with van der Waals surface area (Å²) in [6.07, 6.45) is 4.70. The van der Waals surface area contributed by atoms with E-state index < -0.39 is 0 Å². The minimum atomic E-state index is 0.655. The second kappa shape index (κ2) is 6.56. The van der Waals surface area contributed by atoms with Crippen molar-refractivity contribution < 1.29 is 0 Å². The van der Waals surface area contributed by atoms with Gasteiger partial charge in [-0.1, -0.05) is 19.8 Å². The Morgan fingerprint density at radius 1 is 1.18 bits per heavy atom. The van der Waals surface area contributed by atoms with Crippen molar-refractivity contribution in [3.63, 3.8) is 0 Å². The fourth-order valence-electron chi connectivity index (χ4n) is 1.43. The number of hydrogen-bond donors (Lipinski definition) is 0. The van der Waals surface area contributed by atoms with Crippen LogP contribution in [-0.4, -0.2) is 8.75 Å². The molecule has 0 spiro atoms. The molecule has 0 N–H and O–H groups in total. The molecule has 0 radical (unpaired) electrons. The van der Waals surface area contributed by atoms with Gasteiger partial charge in [0.05, 0.1) is 0 Å². The van der Waals surface area contributed by atoms with Crippen molar-refractivity contribution in [3.8, 4) is 0 Å². The summed E-state index contributed by atoms with van der Waals surface area (Å²) in [7, 11) is 0. The highest BCUT2D eigenvalue weighted by Crippen LogP contribution is 2.24. The van der Waals surface area contributed by atoms with Crippen LogP contribution in [0.25, 0.3) is 0 Å². The number of aryl methyl sites for hydroxylation is 1. The molecule has 0 aliphatic heterocycles. The molecule has 2 heterocycles. The summed E-state index contributed by atoms with van der Waals surface area (Å²) >= 11 is 2.82. The molecule has 17 heavy (non-hydrogen) atoms. The van der Waals surface area contributed by atoms with E-state index in [0.717, 1.165) is 12.2 Å². The van der Waals surface area contributed by atoms with Gasteiger partial charge in [-0.25, -0.2) is 0 Å². The van der Waals surface area contributed by atoms with Crippen molar-refractivity contribution in [2.24, 2.45) is 10.2 Å². The van der Waals surface area contributed by atoms with Gasteiger partial charge < -0.3 is 0 Å². The lowest BCUT2D eigenvalue weighted by Crippen LogP contribution is -1.82. The zero-order chi connectivity index (χ0) is 11.9. The van der Waals surface area contributed by atoms with E-state index in [1.165, 1.54) is 47.9 Å². The van der Waals surface area contributed by atoms with Crippen LogP contribution in [-0.2, 0) is 6.42 Å². The first-order valence-electron chi connectivity index (χ1n) is 5.65. The maximum Gasteiger partial charge on any atom is 0.190 e. The fraction of sp³-hybridized carbons (Fsp3) is 0.455. The topological polar surface area (TPSA) is 50.5 Å². The molecule has 0 saturated carbocycles. The molecule has 0 unspecified atom stereocenters. The van der Waals surface area contributed by atoms with Gasteiger partial charge in [-0.2, -0.15) is 8.75 Å². The third kappa shape index (κ3) is 3.67. The molecule has 0 amide bonds. The van der Waals surface area contributed by atoms with Crippen LogP contribution >= 0.6 is 23.1 Å². The van der Waals surface area contributed by atoms with Crippen molar-refractivity contribution >= 4 is 34.7 Å². The van der Waals surface area contributed by atoms with E-state index in [9.17, 15) is 0 Å². The lowest BCUT2D eigenvalue weighted by Gasteiger charge is -1.96. The SMILES string of the molecule is CCCCCc1csnc1N=Nc1ccsn1. The second-order valence-corrected chi connectivity index (χ2v) is 4.97. The number of azo groups is 1. The standard InChI is InChI=1S/C11H14N4S2/c1-2-3-4-5-9-8-17-15-11(9)13-12-10-6-7-16-14-10/h6-8H,2-5H2,1H3. The van der Waals surface area contributed by atoms with Crippen molar-refractivity contribution in [3.05, 3.63) is 22.4 Å². The molecule has 0 saturated heterocycles. The molecule has 0 atom stereocenters. The van der Waals surface area contributed by atoms with Gasteiger partial charge >= 0.3 is 0 Å². The second-order valence-electron chi connectivity index (χ2n) is 3.68. The molecule has 90 valence electrons. The van der Waals surface area contributed by atoms with Gasteiger partial charge in [0.1, 0.15) is 0 Å². The predicted molar refractivity (Wildman–Crippen MR) is 71.6 cm³/mol. The van der Waals surface area contributed by atoms with Crippen molar-refractivity contribution in [1.82, 2.24) is 8.75 Å². The average molecular weight is 266 g/mol. The largest absolute Gasteiger partial charge is 0.190 e. The van der Waals surface area contributed by atoms with E-state index in [0.29, 0.717) is 5.82 Å². The monoisotopic (exact) mass is 266 g/mol. The summed E-state index contributed by atoms with van der Waals surface area (Å²) in [5.74, 6) is 1.40. The maximum atomic E-state index is 4.25. The van der Waals surface area contributed by atoms with Crippen molar-refractivity contribution in [2.45, 2.75) is 32.6 Å². The van der Waals surface area contributed by atoms with E-state index in [4.69, 9.17) is 0 Å². The van der Waals surface area contributed by atoms with Gasteiger partial charge in [0.15, 0.2) is 11.6 Å². The first kappa shape index (κ1) is 12.3. The lowest BCUT2D eigenvalue weighted by molar-refractivity contribution is 0.718. The smallest absolute Gasteiger partial charge is 0.171 e. The number of rotatable bonds is 6. The molecule has 2 rings (SSSR count). The summed E-state index contributed by atoms with van der Waals surface area (Å²) in [5, 5.41) is 12.2. The average Bonchev–Trinajstić information content (AvgIpc) is 2.97. The third-order valence-electron chi connectivity index (χ3n) is 2.34. The maximum absolute atomic E-state index is 4.25. The van der Waals surface area contributed by atoms with E-state index in [1.54, 1.807) is 0 Å². The molecule has 6 heteroatoms. The quantitative estimate of drug-likeness (QED) is 0.559. The van der Waals surface area contributed by atoms with E-state index in [-0.39, 0.29) is 0 Å². The van der Waals surface area contributed by atoms with E-state index >= 15 is 0 Å². The minimum Gasteiger partial charge on any atom is -0.171 e. The van der Waals surface area contributed by atoms with Crippen molar-refractivity contribution in [2.75, 3.05) is 0 Å². The Bertz CT molecular complexity index is 462. The van der Waals surface area contributed by atoms with Crippen LogP contribution in [0.3, 0.4) is 0 Å². The Labute approximate surface area is 109 Å². The number of unbranched alkanes of at least 4 members (excludes halogenated alkanes) is 2. The van der Waals surface area contributed by atoms with Crippen LogP contribution in [0.5, 0.6) is 0 Å². The van der Waals surface area contributed by atoms with Gasteiger partial charge in [-0.15, -0.1) is 10.2 Å². The van der Waals surface area contributed by atoms with E-state index in [1.807, 2.05) is 11.4 Å². The summed E-state index contributed by atoms with van der Waals surface area (Å²) < 4.78 is 8.33. The highest BCUT2D eigenvalue weighted by Gasteiger charge is 2.04. The molecule has 0 bridgehead atoms. The first-order valence-corrected chi connectivity index (χ1v) is 7.33. The third-order valence-corrected chi connectivity index (χ3v) is 3.56. The highest BCUT2D eigenvalue weighted by molar-refractivity contribution is 7.04. The normalized spacial score (nSPS) is 11.4. The number of aromatic nitrogens is 2. The van der Waals surface area contributed by atoms with Gasteiger partial charge in [0.2, 0.25) is 0 Å². The van der Waals surface area contributed by atoms with Crippen LogP contribution < -0.4 is 0 Å². The Morgan fingerprint density at radius 3 is 2.88 bits per heavy atom. The fourth-order valence-corrected chi connectivity index (χ4v) is 2.53. The number of hydrogen-bond acceptors (Lipinski definition) is 6. The predicted octanol–water partition coefficient (Wildman–Crippen LogP) is 4.75. The number of nitrogens with zero attached hydrogens (tertiary/aromatic N) is 4. The summed E-state index contributed by atoms with van der Waals surface area (Å²) in [6, 6.07) is 1.84. The van der Waals surface area contributed by atoms with Gasteiger partial charge in [0, 0.05) is 16.3 Å². The molecule has 4 nitrogen and oxygen atoms in total.